The molecular formula is C24H32N4O2S. The molecule has 6 nitrogen and oxygen atoms in total. The van der Waals surface area contributed by atoms with Crippen molar-refractivity contribution in [2.24, 2.45) is 5.41 Å². The molecule has 2 aromatic rings. The predicted octanol–water partition coefficient (Wildman–Crippen LogP) is 4.92. The second-order valence-corrected chi connectivity index (χ2v) is 9.86. The predicted molar refractivity (Wildman–Crippen MR) is 125 cm³/mol. The van der Waals surface area contributed by atoms with Crippen LogP contribution in [0.1, 0.15) is 57.8 Å². The maximum Gasteiger partial charge on any atom is 0.226 e. The van der Waals surface area contributed by atoms with E-state index < -0.39 is 0 Å². The first-order chi connectivity index (χ1) is 15.1. The molecule has 1 aliphatic carbocycles. The lowest BCUT2D eigenvalue weighted by atomic mass is 9.69. The highest BCUT2D eigenvalue weighted by Gasteiger charge is 2.38. The van der Waals surface area contributed by atoms with E-state index in [-0.39, 0.29) is 17.2 Å². The number of benzene rings is 1. The lowest BCUT2D eigenvalue weighted by Crippen LogP contribution is -2.44. The van der Waals surface area contributed by atoms with Crippen LogP contribution in [0.3, 0.4) is 0 Å². The minimum absolute atomic E-state index is 0.0181. The maximum absolute atomic E-state index is 13.2. The molecule has 2 fully saturated rings. The van der Waals surface area contributed by atoms with Gasteiger partial charge in [0, 0.05) is 49.2 Å². The first-order valence-corrected chi connectivity index (χ1v) is 12.3. The average molecular weight is 441 g/mol. The topological polar surface area (TPSA) is 74.3 Å². The number of hydrogen-bond donors (Lipinski definition) is 2. The molecule has 2 heterocycles. The van der Waals surface area contributed by atoms with E-state index in [0.29, 0.717) is 24.0 Å². The van der Waals surface area contributed by atoms with Crippen molar-refractivity contribution >= 4 is 34.0 Å². The zero-order valence-electron chi connectivity index (χ0n) is 18.0. The third-order valence-electron chi connectivity index (χ3n) is 6.65. The van der Waals surface area contributed by atoms with Gasteiger partial charge in [-0.1, -0.05) is 37.5 Å². The standard InChI is InChI=1S/C24H32N4O2S/c29-21(27-23-25-13-16-31-23)17-24(11-5-2-6-12-24)18-22(30)28-14-9-20(10-15-28)26-19-7-3-1-4-8-19/h1,3-4,7-8,13,16,20,26H,2,5-6,9-12,14-15,17-18H2,(H,25,27,29). The molecule has 1 aromatic heterocycles. The monoisotopic (exact) mass is 440 g/mol. The van der Waals surface area contributed by atoms with Crippen LogP contribution in [-0.4, -0.2) is 40.8 Å². The molecule has 2 N–H and O–H groups in total. The fourth-order valence-electron chi connectivity index (χ4n) is 4.98. The zero-order chi connectivity index (χ0) is 21.5. The van der Waals surface area contributed by atoms with E-state index >= 15 is 0 Å². The van der Waals surface area contributed by atoms with Crippen LogP contribution < -0.4 is 10.6 Å². The Balaban J connectivity index is 1.31. The van der Waals surface area contributed by atoms with Crippen LogP contribution in [0.2, 0.25) is 0 Å². The fraction of sp³-hybridized carbons (Fsp3) is 0.542. The van der Waals surface area contributed by atoms with Crippen LogP contribution >= 0.6 is 11.3 Å². The molecule has 2 aliphatic rings. The number of rotatable bonds is 7. The fourth-order valence-corrected chi connectivity index (χ4v) is 5.53. The van der Waals surface area contributed by atoms with Crippen molar-refractivity contribution in [1.82, 2.24) is 9.88 Å². The summed E-state index contributed by atoms with van der Waals surface area (Å²) in [5.74, 6) is 0.192. The third kappa shape index (κ3) is 6.06. The van der Waals surface area contributed by atoms with Gasteiger partial charge in [-0.3, -0.25) is 9.59 Å². The molecule has 4 rings (SSSR count). The van der Waals surface area contributed by atoms with Gasteiger partial charge in [-0.25, -0.2) is 4.98 Å². The number of carbonyl (C=O) groups excluding carboxylic acids is 2. The summed E-state index contributed by atoms with van der Waals surface area (Å²) < 4.78 is 0. The van der Waals surface area contributed by atoms with Gasteiger partial charge in [0.25, 0.3) is 0 Å². The van der Waals surface area contributed by atoms with Gasteiger partial charge in [0.05, 0.1) is 0 Å². The molecule has 1 saturated heterocycles. The second-order valence-electron chi connectivity index (χ2n) is 8.97. The Morgan fingerprint density at radius 1 is 1.06 bits per heavy atom. The molecule has 166 valence electrons. The molecular weight excluding hydrogens is 408 g/mol. The summed E-state index contributed by atoms with van der Waals surface area (Å²) >= 11 is 1.43. The molecule has 2 amide bonds. The molecule has 0 atom stereocenters. The van der Waals surface area contributed by atoms with E-state index in [2.05, 4.69) is 27.8 Å². The van der Waals surface area contributed by atoms with E-state index in [1.807, 2.05) is 28.5 Å². The summed E-state index contributed by atoms with van der Waals surface area (Å²) in [6.45, 7) is 1.56. The maximum atomic E-state index is 13.2. The highest BCUT2D eigenvalue weighted by Crippen LogP contribution is 2.43. The third-order valence-corrected chi connectivity index (χ3v) is 7.34. The average Bonchev–Trinajstić information content (AvgIpc) is 3.28. The summed E-state index contributed by atoms with van der Waals surface area (Å²) in [4.78, 5) is 32.0. The molecule has 1 saturated carbocycles. The highest BCUT2D eigenvalue weighted by atomic mass is 32.1. The molecule has 1 aliphatic heterocycles. The Kier molecular flexibility index (Phi) is 7.22. The number of nitrogens with zero attached hydrogens (tertiary/aromatic N) is 2. The summed E-state index contributed by atoms with van der Waals surface area (Å²) in [5.41, 5.74) is 0.926. The van der Waals surface area contributed by atoms with Gasteiger partial charge in [-0.2, -0.15) is 0 Å². The number of thiazole rings is 1. The lowest BCUT2D eigenvalue weighted by Gasteiger charge is -2.39. The Morgan fingerprint density at radius 2 is 1.81 bits per heavy atom. The molecule has 31 heavy (non-hydrogen) atoms. The molecule has 7 heteroatoms. The number of piperidine rings is 1. The number of para-hydroxylation sites is 1. The minimum Gasteiger partial charge on any atom is -0.382 e. The Morgan fingerprint density at radius 3 is 2.48 bits per heavy atom. The van der Waals surface area contributed by atoms with Crippen LogP contribution in [-0.2, 0) is 9.59 Å². The number of aromatic nitrogens is 1. The van der Waals surface area contributed by atoms with E-state index in [4.69, 9.17) is 0 Å². The summed E-state index contributed by atoms with van der Waals surface area (Å²) in [6.07, 6.45) is 9.79. The highest BCUT2D eigenvalue weighted by molar-refractivity contribution is 7.13. The molecule has 1 aromatic carbocycles. The number of likely N-dealkylation sites (tertiary alicyclic amines) is 1. The van der Waals surface area contributed by atoms with Crippen LogP contribution in [0, 0.1) is 5.41 Å². The van der Waals surface area contributed by atoms with Gasteiger partial charge in [0.1, 0.15) is 0 Å². The molecule has 0 spiro atoms. The van der Waals surface area contributed by atoms with Crippen molar-refractivity contribution in [2.75, 3.05) is 23.7 Å². The van der Waals surface area contributed by atoms with Gasteiger partial charge in [-0.05, 0) is 43.2 Å². The van der Waals surface area contributed by atoms with Gasteiger partial charge in [-0.15, -0.1) is 11.3 Å². The summed E-state index contributed by atoms with van der Waals surface area (Å²) in [6, 6.07) is 10.7. The molecule has 0 radical (unpaired) electrons. The van der Waals surface area contributed by atoms with Crippen molar-refractivity contribution in [3.63, 3.8) is 0 Å². The van der Waals surface area contributed by atoms with Crippen LogP contribution in [0.25, 0.3) is 0 Å². The van der Waals surface area contributed by atoms with Gasteiger partial charge in [0.15, 0.2) is 5.13 Å². The number of amides is 2. The smallest absolute Gasteiger partial charge is 0.226 e. The number of nitrogens with one attached hydrogen (secondary N) is 2. The van der Waals surface area contributed by atoms with Crippen LogP contribution in [0.5, 0.6) is 0 Å². The SMILES string of the molecule is O=C(CC1(CC(=O)N2CCC(Nc3ccccc3)CC2)CCCCC1)Nc1nccs1. The second kappa shape index (κ2) is 10.3. The Hall–Kier alpha value is -2.41. The van der Waals surface area contributed by atoms with Crippen LogP contribution in [0.4, 0.5) is 10.8 Å². The van der Waals surface area contributed by atoms with Crippen molar-refractivity contribution in [3.05, 3.63) is 41.9 Å². The van der Waals surface area contributed by atoms with Crippen molar-refractivity contribution in [2.45, 2.75) is 63.8 Å². The van der Waals surface area contributed by atoms with E-state index in [9.17, 15) is 9.59 Å². The van der Waals surface area contributed by atoms with Gasteiger partial charge < -0.3 is 15.5 Å². The van der Waals surface area contributed by atoms with Crippen molar-refractivity contribution in [1.29, 1.82) is 0 Å². The van der Waals surface area contributed by atoms with Gasteiger partial charge in [0.2, 0.25) is 11.8 Å². The van der Waals surface area contributed by atoms with E-state index in [1.54, 1.807) is 6.20 Å². The van der Waals surface area contributed by atoms with Crippen molar-refractivity contribution < 1.29 is 9.59 Å². The normalized spacial score (nSPS) is 19.0. The van der Waals surface area contributed by atoms with Crippen LogP contribution in [0.15, 0.2) is 41.9 Å². The molecule has 0 bridgehead atoms. The number of anilines is 2. The number of carbonyl (C=O) groups is 2. The largest absolute Gasteiger partial charge is 0.382 e. The number of hydrogen-bond acceptors (Lipinski definition) is 5. The zero-order valence-corrected chi connectivity index (χ0v) is 18.8. The quantitative estimate of drug-likeness (QED) is 0.641. The van der Waals surface area contributed by atoms with Gasteiger partial charge >= 0.3 is 0 Å². The Bertz CT molecular complexity index is 842. The lowest BCUT2D eigenvalue weighted by molar-refractivity contribution is -0.136. The summed E-state index contributed by atoms with van der Waals surface area (Å²) in [7, 11) is 0. The Labute approximate surface area is 188 Å². The first kappa shape index (κ1) is 21.8. The van der Waals surface area contributed by atoms with Crippen molar-refractivity contribution in [3.8, 4) is 0 Å². The van der Waals surface area contributed by atoms with E-state index in [0.717, 1.165) is 57.3 Å². The first-order valence-electron chi connectivity index (χ1n) is 11.4. The van der Waals surface area contributed by atoms with E-state index in [1.165, 1.54) is 17.8 Å². The summed E-state index contributed by atoms with van der Waals surface area (Å²) in [5, 5.41) is 8.98. The molecule has 0 unspecified atom stereocenters. The minimum atomic E-state index is -0.212.